The maximum atomic E-state index is 12.6. The van der Waals surface area contributed by atoms with Crippen molar-refractivity contribution in [2.45, 2.75) is 38.6 Å². The lowest BCUT2D eigenvalue weighted by Crippen LogP contribution is -2.61. The van der Waals surface area contributed by atoms with Gasteiger partial charge in [-0.1, -0.05) is 0 Å². The van der Waals surface area contributed by atoms with E-state index in [2.05, 4.69) is 9.80 Å². The molecule has 1 unspecified atom stereocenters. The third-order valence-corrected chi connectivity index (χ3v) is 6.82. The molecule has 0 saturated carbocycles. The molecular formula is C21H34N6O4. The Hall–Kier alpha value is -1.88. The largest absolute Gasteiger partial charge is 0.286 e. The van der Waals surface area contributed by atoms with E-state index in [-0.39, 0.29) is 55.8 Å². The molecule has 10 heteroatoms. The number of piperazine rings is 2. The monoisotopic (exact) mass is 434 g/mol. The van der Waals surface area contributed by atoms with Gasteiger partial charge in [0.1, 0.15) is 0 Å². The van der Waals surface area contributed by atoms with Gasteiger partial charge in [0.05, 0.1) is 39.5 Å². The molecule has 172 valence electrons. The van der Waals surface area contributed by atoms with E-state index < -0.39 is 0 Å². The predicted octanol–water partition coefficient (Wildman–Crippen LogP) is -1.18. The van der Waals surface area contributed by atoms with Gasteiger partial charge >= 0.3 is 0 Å². The molecule has 4 aliphatic heterocycles. The summed E-state index contributed by atoms with van der Waals surface area (Å²) in [6.07, 6.45) is 4.45. The van der Waals surface area contributed by atoms with Crippen LogP contribution in [0.25, 0.3) is 0 Å². The average molecular weight is 435 g/mol. The Morgan fingerprint density at radius 2 is 1.00 bits per heavy atom. The van der Waals surface area contributed by atoms with Gasteiger partial charge in [0, 0.05) is 12.6 Å². The third-order valence-electron chi connectivity index (χ3n) is 6.82. The zero-order chi connectivity index (χ0) is 22.0. The fourth-order valence-electron chi connectivity index (χ4n) is 4.95. The van der Waals surface area contributed by atoms with Gasteiger partial charge in [0.2, 0.25) is 23.6 Å². The van der Waals surface area contributed by atoms with Crippen LogP contribution >= 0.6 is 0 Å². The Labute approximate surface area is 183 Å². The van der Waals surface area contributed by atoms with E-state index in [1.165, 1.54) is 9.80 Å². The van der Waals surface area contributed by atoms with Crippen LogP contribution in [0.3, 0.4) is 0 Å². The summed E-state index contributed by atoms with van der Waals surface area (Å²) < 4.78 is 0. The van der Waals surface area contributed by atoms with E-state index in [0.717, 1.165) is 51.9 Å². The molecule has 0 aromatic rings. The van der Waals surface area contributed by atoms with Crippen LogP contribution in [-0.2, 0) is 19.2 Å². The summed E-state index contributed by atoms with van der Waals surface area (Å²) in [7, 11) is 0. The fourth-order valence-corrected chi connectivity index (χ4v) is 4.95. The molecule has 4 fully saturated rings. The first-order valence-corrected chi connectivity index (χ1v) is 11.5. The van der Waals surface area contributed by atoms with Crippen molar-refractivity contribution in [2.75, 3.05) is 72.2 Å². The van der Waals surface area contributed by atoms with Crippen molar-refractivity contribution in [3.63, 3.8) is 0 Å². The summed E-state index contributed by atoms with van der Waals surface area (Å²) >= 11 is 0. The van der Waals surface area contributed by atoms with Crippen LogP contribution in [0.5, 0.6) is 0 Å². The summed E-state index contributed by atoms with van der Waals surface area (Å²) in [5, 5.41) is 0. The van der Waals surface area contributed by atoms with E-state index in [9.17, 15) is 19.2 Å². The highest BCUT2D eigenvalue weighted by molar-refractivity contribution is 6.00. The minimum Gasteiger partial charge on any atom is -0.286 e. The van der Waals surface area contributed by atoms with E-state index in [1.54, 1.807) is 0 Å². The zero-order valence-corrected chi connectivity index (χ0v) is 18.5. The highest BCUT2D eigenvalue weighted by Gasteiger charge is 2.37. The normalized spacial score (nSPS) is 26.5. The molecule has 4 saturated heterocycles. The van der Waals surface area contributed by atoms with E-state index in [1.807, 2.05) is 16.7 Å². The molecule has 4 amide bonds. The Balaban J connectivity index is 1.27. The molecule has 4 heterocycles. The van der Waals surface area contributed by atoms with E-state index >= 15 is 0 Å². The number of carbonyl (C=O) groups is 4. The second-order valence-corrected chi connectivity index (χ2v) is 9.29. The van der Waals surface area contributed by atoms with Crippen molar-refractivity contribution in [1.29, 1.82) is 0 Å². The number of hydrogen-bond acceptors (Lipinski definition) is 8. The lowest BCUT2D eigenvalue weighted by molar-refractivity contribution is -0.158. The van der Waals surface area contributed by atoms with Gasteiger partial charge in [-0.3, -0.25) is 48.6 Å². The highest BCUT2D eigenvalue weighted by Crippen LogP contribution is 2.16. The van der Waals surface area contributed by atoms with Crippen molar-refractivity contribution >= 4 is 23.6 Å². The van der Waals surface area contributed by atoms with Gasteiger partial charge in [0.25, 0.3) is 0 Å². The minimum absolute atomic E-state index is 0.104. The number of likely N-dealkylation sites (tertiary alicyclic amines) is 2. The molecular weight excluding hydrogens is 400 g/mol. The van der Waals surface area contributed by atoms with Crippen molar-refractivity contribution in [3.8, 4) is 0 Å². The maximum absolute atomic E-state index is 12.6. The molecule has 4 rings (SSSR count). The number of nitrogens with zero attached hydrogens (tertiary/aromatic N) is 6. The van der Waals surface area contributed by atoms with Gasteiger partial charge in [-0.2, -0.15) is 0 Å². The maximum Gasteiger partial charge on any atom is 0.244 e. The summed E-state index contributed by atoms with van der Waals surface area (Å²) in [5.74, 6) is -0.675. The second kappa shape index (κ2) is 9.72. The lowest BCUT2D eigenvalue weighted by atomic mass is 10.2. The van der Waals surface area contributed by atoms with Crippen molar-refractivity contribution < 1.29 is 19.2 Å². The van der Waals surface area contributed by atoms with Crippen LogP contribution in [0.15, 0.2) is 0 Å². The third kappa shape index (κ3) is 5.31. The van der Waals surface area contributed by atoms with E-state index in [0.29, 0.717) is 19.9 Å². The molecule has 4 aliphatic rings. The number of carbonyl (C=O) groups excluding carboxylic acids is 4. The number of amides is 4. The molecule has 0 bridgehead atoms. The Kier molecular flexibility index (Phi) is 7.00. The summed E-state index contributed by atoms with van der Waals surface area (Å²) in [5.41, 5.74) is 0. The molecule has 31 heavy (non-hydrogen) atoms. The van der Waals surface area contributed by atoms with Crippen molar-refractivity contribution in [2.24, 2.45) is 0 Å². The number of imide groups is 2. The van der Waals surface area contributed by atoms with Crippen LogP contribution in [0.1, 0.15) is 32.6 Å². The summed E-state index contributed by atoms with van der Waals surface area (Å²) in [6.45, 7) is 7.71. The molecule has 1 atom stereocenters. The van der Waals surface area contributed by atoms with Gasteiger partial charge in [0.15, 0.2) is 0 Å². The van der Waals surface area contributed by atoms with Crippen LogP contribution in [-0.4, -0.2) is 131 Å². The quantitative estimate of drug-likeness (QED) is 0.463. The summed E-state index contributed by atoms with van der Waals surface area (Å²) in [6, 6.07) is -0.104. The van der Waals surface area contributed by atoms with Gasteiger partial charge in [-0.25, -0.2) is 0 Å². The molecule has 0 radical (unpaired) electrons. The smallest absolute Gasteiger partial charge is 0.244 e. The molecule has 0 aromatic carbocycles. The first-order valence-electron chi connectivity index (χ1n) is 11.5. The molecule has 0 N–H and O–H groups in total. The van der Waals surface area contributed by atoms with Gasteiger partial charge in [-0.15, -0.1) is 0 Å². The van der Waals surface area contributed by atoms with Gasteiger partial charge < -0.3 is 0 Å². The minimum atomic E-state index is -0.169. The first-order chi connectivity index (χ1) is 14.9. The van der Waals surface area contributed by atoms with Crippen molar-refractivity contribution in [3.05, 3.63) is 0 Å². The molecule has 10 nitrogen and oxygen atoms in total. The standard InChI is InChI=1S/C21H34N6O4/c1-17(25-13-20(30)27(21(31)14-25)16-23-8-4-5-9-23)10-24-11-18(28)26(19(29)12-24)15-22-6-2-3-7-22/h17H,2-16H2,1H3. The molecule has 0 aromatic heterocycles. The second-order valence-electron chi connectivity index (χ2n) is 9.29. The zero-order valence-electron chi connectivity index (χ0n) is 18.5. The Morgan fingerprint density at radius 3 is 1.42 bits per heavy atom. The van der Waals surface area contributed by atoms with Gasteiger partial charge in [-0.05, 0) is 58.8 Å². The van der Waals surface area contributed by atoms with Crippen LogP contribution in [0.2, 0.25) is 0 Å². The molecule has 0 aliphatic carbocycles. The van der Waals surface area contributed by atoms with Crippen molar-refractivity contribution in [1.82, 2.24) is 29.4 Å². The Bertz CT molecular complexity index is 683. The topological polar surface area (TPSA) is 87.7 Å². The van der Waals surface area contributed by atoms with Crippen LogP contribution in [0, 0.1) is 0 Å². The predicted molar refractivity (Wildman–Crippen MR) is 113 cm³/mol. The number of rotatable bonds is 7. The number of hydrogen-bond donors (Lipinski definition) is 0. The SMILES string of the molecule is CC(CN1CC(=O)N(CN2CCCC2)C(=O)C1)N1CC(=O)N(CN2CCCC2)C(=O)C1. The van der Waals surface area contributed by atoms with Crippen LogP contribution < -0.4 is 0 Å². The van der Waals surface area contributed by atoms with E-state index in [4.69, 9.17) is 0 Å². The Morgan fingerprint density at radius 1 is 0.613 bits per heavy atom. The van der Waals surface area contributed by atoms with Crippen LogP contribution in [0.4, 0.5) is 0 Å². The lowest BCUT2D eigenvalue weighted by Gasteiger charge is -2.40. The fraction of sp³-hybridized carbons (Fsp3) is 0.810. The summed E-state index contributed by atoms with van der Waals surface area (Å²) in [4.78, 5) is 61.1. The highest BCUT2D eigenvalue weighted by atomic mass is 16.2. The average Bonchev–Trinajstić information content (AvgIpc) is 3.41. The molecule has 0 spiro atoms. The first kappa shape index (κ1) is 22.3.